The van der Waals surface area contributed by atoms with Crippen molar-refractivity contribution in [3.05, 3.63) is 0 Å². The zero-order valence-electron chi connectivity index (χ0n) is 29.3. The van der Waals surface area contributed by atoms with Gasteiger partial charge in [0.2, 0.25) is 0 Å². The monoisotopic (exact) mass is 786 g/mol. The van der Waals surface area contributed by atoms with Crippen LogP contribution in [0.2, 0.25) is 4.44 Å². The fourth-order valence-electron chi connectivity index (χ4n) is 4.42. The quantitative estimate of drug-likeness (QED) is 0.0306. The molecule has 0 rings (SSSR count). The molecule has 0 spiro atoms. The van der Waals surface area contributed by atoms with Gasteiger partial charge in [0.15, 0.2) is 0 Å². The first-order valence-electron chi connectivity index (χ1n) is 17.4. The molecule has 0 amide bonds. The summed E-state index contributed by atoms with van der Waals surface area (Å²) in [6, 6.07) is 0. The van der Waals surface area contributed by atoms with Gasteiger partial charge in [-0.15, -0.1) is 0 Å². The Balaban J connectivity index is 5.02. The molecular formula is C34H66O6S3Sn. The van der Waals surface area contributed by atoms with E-state index in [-0.39, 0.29) is 35.2 Å². The molecule has 0 heterocycles. The van der Waals surface area contributed by atoms with Crippen LogP contribution in [0.3, 0.4) is 0 Å². The van der Waals surface area contributed by atoms with E-state index in [4.69, 9.17) is 14.2 Å². The van der Waals surface area contributed by atoms with Crippen LogP contribution in [-0.4, -0.2) is 69.2 Å². The Labute approximate surface area is 283 Å². The predicted octanol–water partition coefficient (Wildman–Crippen LogP) is 10.2. The number of rotatable bonds is 30. The predicted molar refractivity (Wildman–Crippen MR) is 196 cm³/mol. The van der Waals surface area contributed by atoms with Crippen LogP contribution in [0.15, 0.2) is 0 Å². The van der Waals surface area contributed by atoms with E-state index in [9.17, 15) is 14.4 Å². The third kappa shape index (κ3) is 28.5. The van der Waals surface area contributed by atoms with Crippen LogP contribution in [0.4, 0.5) is 0 Å². The van der Waals surface area contributed by atoms with Crippen molar-refractivity contribution in [2.45, 2.75) is 143 Å². The number of hydrogen-bond donors (Lipinski definition) is 0. The van der Waals surface area contributed by atoms with Crippen molar-refractivity contribution >= 4 is 59.0 Å². The molecule has 6 nitrogen and oxygen atoms in total. The van der Waals surface area contributed by atoms with Gasteiger partial charge in [0.05, 0.1) is 0 Å². The van der Waals surface area contributed by atoms with Gasteiger partial charge in [-0.25, -0.2) is 0 Å². The van der Waals surface area contributed by atoms with Crippen molar-refractivity contribution < 1.29 is 28.6 Å². The molecule has 10 heteroatoms. The zero-order valence-corrected chi connectivity index (χ0v) is 34.6. The first kappa shape index (κ1) is 44.3. The van der Waals surface area contributed by atoms with E-state index < -0.39 is 14.2 Å². The Morgan fingerprint density at radius 1 is 0.500 bits per heavy atom. The summed E-state index contributed by atoms with van der Waals surface area (Å²) in [5.74, 6) is 2.37. The average Bonchev–Trinajstić information content (AvgIpc) is 2.97. The van der Waals surface area contributed by atoms with Gasteiger partial charge in [0, 0.05) is 0 Å². The van der Waals surface area contributed by atoms with Gasteiger partial charge in [0.1, 0.15) is 0 Å². The standard InChI is InChI=1S/3C10H20O2S.C4H9.Sn/c3*1-9(2)6-4-3-5-7-12-10(11)8-13;1-3-4-2;/h3*9,13H,3-8H2,1-2H3;1,3-4H2,2H3;/q;;;;+3/p-3. The van der Waals surface area contributed by atoms with E-state index in [1.807, 2.05) is 0 Å². The van der Waals surface area contributed by atoms with Gasteiger partial charge in [-0.05, 0) is 0 Å². The summed E-state index contributed by atoms with van der Waals surface area (Å²) in [5.41, 5.74) is 0. The molecule has 0 N–H and O–H groups in total. The SMILES string of the molecule is CCC[CH2][Sn]([S]CC(=O)OCCCCCC(C)C)([S]CC(=O)OCCCCCC(C)C)[S]CC(=O)OCCCCCC(C)C. The molecular weight excluding hydrogens is 719 g/mol. The van der Waals surface area contributed by atoms with Gasteiger partial charge >= 0.3 is 285 Å². The number of esters is 3. The Morgan fingerprint density at radius 2 is 0.818 bits per heavy atom. The van der Waals surface area contributed by atoms with Gasteiger partial charge < -0.3 is 0 Å². The second kappa shape index (κ2) is 29.4. The summed E-state index contributed by atoms with van der Waals surface area (Å²) in [6.07, 6.45) is 15.0. The van der Waals surface area contributed by atoms with Gasteiger partial charge in [-0.3, -0.25) is 0 Å². The Kier molecular flexibility index (Phi) is 29.6. The van der Waals surface area contributed by atoms with E-state index >= 15 is 0 Å². The van der Waals surface area contributed by atoms with Gasteiger partial charge in [-0.2, -0.15) is 0 Å². The summed E-state index contributed by atoms with van der Waals surface area (Å²) in [5, 5.41) is 0. The zero-order chi connectivity index (χ0) is 33.1. The normalized spacial score (nSPS) is 11.9. The van der Waals surface area contributed by atoms with Crippen molar-refractivity contribution in [1.82, 2.24) is 0 Å². The molecule has 44 heavy (non-hydrogen) atoms. The Hall–Kier alpha value is 0.259. The molecule has 0 atom stereocenters. The van der Waals surface area contributed by atoms with Crippen LogP contribution < -0.4 is 0 Å². The van der Waals surface area contributed by atoms with Crippen LogP contribution in [0, 0.1) is 17.8 Å². The second-order valence-corrected chi connectivity index (χ2v) is 46.7. The topological polar surface area (TPSA) is 78.9 Å². The molecule has 0 saturated heterocycles. The molecule has 0 bridgehead atoms. The maximum atomic E-state index is 12.7. The van der Waals surface area contributed by atoms with E-state index in [0.29, 0.717) is 37.6 Å². The molecule has 0 aliphatic rings. The van der Waals surface area contributed by atoms with Crippen LogP contribution in [-0.2, 0) is 28.6 Å². The molecule has 0 aromatic rings. The molecule has 0 aliphatic carbocycles. The fourth-order valence-corrected chi connectivity index (χ4v) is 38.2. The van der Waals surface area contributed by atoms with E-state index in [0.717, 1.165) is 75.1 Å². The van der Waals surface area contributed by atoms with Crippen molar-refractivity contribution in [2.24, 2.45) is 17.8 Å². The molecule has 0 unspecified atom stereocenters. The first-order chi connectivity index (χ1) is 21.0. The number of carbonyl (C=O) groups excluding carboxylic acids is 3. The summed E-state index contributed by atoms with van der Waals surface area (Å²) >= 11 is -3.31. The van der Waals surface area contributed by atoms with Gasteiger partial charge in [-0.1, -0.05) is 0 Å². The summed E-state index contributed by atoms with van der Waals surface area (Å²) in [6.45, 7) is 16.9. The van der Waals surface area contributed by atoms with E-state index in [1.165, 1.54) is 19.3 Å². The van der Waals surface area contributed by atoms with E-state index in [2.05, 4.69) is 48.5 Å². The molecule has 260 valence electrons. The number of ether oxygens (including phenoxy) is 3. The van der Waals surface area contributed by atoms with Gasteiger partial charge in [0.25, 0.3) is 0 Å². The second-order valence-electron chi connectivity index (χ2n) is 13.0. The van der Waals surface area contributed by atoms with Crippen molar-refractivity contribution in [2.75, 3.05) is 37.1 Å². The molecule has 0 fully saturated rings. The third-order valence-corrected chi connectivity index (χ3v) is 45.7. The van der Waals surface area contributed by atoms with Crippen molar-refractivity contribution in [1.29, 1.82) is 0 Å². The Morgan fingerprint density at radius 3 is 1.09 bits per heavy atom. The molecule has 0 radical (unpaired) electrons. The van der Waals surface area contributed by atoms with Crippen LogP contribution >= 0.6 is 26.8 Å². The Bertz CT molecular complexity index is 647. The average molecular weight is 786 g/mol. The third-order valence-electron chi connectivity index (χ3n) is 7.13. The summed E-state index contributed by atoms with van der Waals surface area (Å²) < 4.78 is 17.7. The molecule has 0 aliphatic heterocycles. The van der Waals surface area contributed by atoms with E-state index in [1.54, 1.807) is 26.8 Å². The van der Waals surface area contributed by atoms with Crippen LogP contribution in [0.1, 0.15) is 138 Å². The van der Waals surface area contributed by atoms with Crippen molar-refractivity contribution in [3.8, 4) is 0 Å². The number of carbonyl (C=O) groups is 3. The van der Waals surface area contributed by atoms with Crippen molar-refractivity contribution in [3.63, 3.8) is 0 Å². The molecule has 0 aromatic heterocycles. The maximum absolute atomic E-state index is 12.7. The minimum absolute atomic E-state index is 0.189. The van der Waals surface area contributed by atoms with Crippen LogP contribution in [0.25, 0.3) is 0 Å². The number of hydrogen-bond acceptors (Lipinski definition) is 9. The molecule has 0 saturated carbocycles. The molecule has 0 aromatic carbocycles. The minimum atomic E-state index is -3.31. The summed E-state index contributed by atoms with van der Waals surface area (Å²) in [7, 11) is 5.08. The number of unbranched alkanes of at least 4 members (excludes halogenated alkanes) is 7. The summed E-state index contributed by atoms with van der Waals surface area (Å²) in [4.78, 5) is 38.1. The fraction of sp³-hybridized carbons (Fsp3) is 0.912. The van der Waals surface area contributed by atoms with Crippen LogP contribution in [0.5, 0.6) is 0 Å². The first-order valence-corrected chi connectivity index (χ1v) is 32.8.